The number of ether oxygens (including phenoxy) is 1. The molecule has 0 spiro atoms. The SMILES string of the molecule is COc1cccc(-n2nccc2-c2nc(C(=O)NCc3ccc(Cl)cc3)c3cnccn23)c1. The second kappa shape index (κ2) is 8.76. The molecule has 0 aliphatic carbocycles. The van der Waals surface area contributed by atoms with Gasteiger partial charge in [-0.3, -0.25) is 14.2 Å². The minimum atomic E-state index is -0.297. The third-order valence-electron chi connectivity index (χ3n) is 5.20. The molecular formula is C24H19ClN6O2. The average Bonchev–Trinajstić information content (AvgIpc) is 3.48. The smallest absolute Gasteiger partial charge is 0.272 e. The first kappa shape index (κ1) is 20.7. The van der Waals surface area contributed by atoms with E-state index < -0.39 is 0 Å². The van der Waals surface area contributed by atoms with E-state index in [0.717, 1.165) is 16.9 Å². The van der Waals surface area contributed by atoms with Gasteiger partial charge in [0.05, 0.1) is 30.7 Å². The van der Waals surface area contributed by atoms with Crippen molar-refractivity contribution in [3.8, 4) is 23.0 Å². The van der Waals surface area contributed by atoms with Gasteiger partial charge in [0.1, 0.15) is 11.4 Å². The van der Waals surface area contributed by atoms with Crippen molar-refractivity contribution in [2.45, 2.75) is 6.54 Å². The fourth-order valence-electron chi connectivity index (χ4n) is 3.58. The van der Waals surface area contributed by atoms with Crippen molar-refractivity contribution in [2.24, 2.45) is 0 Å². The number of imidazole rings is 1. The first-order chi connectivity index (χ1) is 16.1. The van der Waals surface area contributed by atoms with Crippen molar-refractivity contribution < 1.29 is 9.53 Å². The van der Waals surface area contributed by atoms with Gasteiger partial charge in [0, 0.05) is 30.0 Å². The normalized spacial score (nSPS) is 11.0. The molecule has 1 N–H and O–H groups in total. The van der Waals surface area contributed by atoms with Crippen LogP contribution in [0.2, 0.25) is 5.02 Å². The Hall–Kier alpha value is -4.17. The van der Waals surface area contributed by atoms with Gasteiger partial charge >= 0.3 is 0 Å². The van der Waals surface area contributed by atoms with Gasteiger partial charge in [-0.05, 0) is 35.9 Å². The molecule has 0 atom stereocenters. The van der Waals surface area contributed by atoms with E-state index in [2.05, 4.69) is 20.4 Å². The lowest BCUT2D eigenvalue weighted by Crippen LogP contribution is -2.23. The van der Waals surface area contributed by atoms with Crippen molar-refractivity contribution >= 4 is 23.0 Å². The summed E-state index contributed by atoms with van der Waals surface area (Å²) in [6, 6.07) is 16.7. The van der Waals surface area contributed by atoms with Crippen LogP contribution in [0, 0.1) is 0 Å². The molecule has 8 nitrogen and oxygen atoms in total. The highest BCUT2D eigenvalue weighted by atomic mass is 35.5. The van der Waals surface area contributed by atoms with E-state index in [0.29, 0.717) is 28.7 Å². The standard InChI is InChI=1S/C24H19ClN6O2/c1-33-19-4-2-3-18(13-19)31-20(9-10-28-31)23-29-22(21-15-26-11-12-30(21)23)24(32)27-14-16-5-7-17(25)8-6-16/h2-13,15H,14H2,1H3,(H,27,32). The average molecular weight is 459 g/mol. The first-order valence-corrected chi connectivity index (χ1v) is 10.6. The Kier molecular flexibility index (Phi) is 5.50. The summed E-state index contributed by atoms with van der Waals surface area (Å²) in [5, 5.41) is 8.03. The summed E-state index contributed by atoms with van der Waals surface area (Å²) in [5.41, 5.74) is 3.35. The van der Waals surface area contributed by atoms with Crippen molar-refractivity contribution in [3.05, 3.63) is 95.7 Å². The largest absolute Gasteiger partial charge is 0.497 e. The summed E-state index contributed by atoms with van der Waals surface area (Å²) in [7, 11) is 1.62. The summed E-state index contributed by atoms with van der Waals surface area (Å²) in [4.78, 5) is 21.9. The van der Waals surface area contributed by atoms with Gasteiger partial charge < -0.3 is 10.1 Å². The second-order valence-electron chi connectivity index (χ2n) is 7.25. The number of amides is 1. The van der Waals surface area contributed by atoms with E-state index in [4.69, 9.17) is 16.3 Å². The lowest BCUT2D eigenvalue weighted by Gasteiger charge is -2.08. The predicted octanol–water partition coefficient (Wildman–Crippen LogP) is 4.17. The molecule has 0 radical (unpaired) electrons. The number of hydrogen-bond acceptors (Lipinski definition) is 5. The number of halogens is 1. The molecule has 0 saturated carbocycles. The number of hydrogen-bond donors (Lipinski definition) is 1. The van der Waals surface area contributed by atoms with Crippen LogP contribution in [0.3, 0.4) is 0 Å². The molecule has 0 fully saturated rings. The zero-order valence-corrected chi connectivity index (χ0v) is 18.4. The van der Waals surface area contributed by atoms with Gasteiger partial charge in [0.25, 0.3) is 5.91 Å². The Bertz CT molecular complexity index is 1440. The molecule has 0 unspecified atom stereocenters. The van der Waals surface area contributed by atoms with E-state index in [1.54, 1.807) is 48.7 Å². The Balaban J connectivity index is 1.52. The Morgan fingerprint density at radius 2 is 1.97 bits per heavy atom. The summed E-state index contributed by atoms with van der Waals surface area (Å²) < 4.78 is 8.93. The highest BCUT2D eigenvalue weighted by Crippen LogP contribution is 2.26. The van der Waals surface area contributed by atoms with E-state index in [1.807, 2.05) is 46.9 Å². The Morgan fingerprint density at radius 3 is 2.79 bits per heavy atom. The van der Waals surface area contributed by atoms with Crippen molar-refractivity contribution in [2.75, 3.05) is 7.11 Å². The fourth-order valence-corrected chi connectivity index (χ4v) is 3.70. The van der Waals surface area contributed by atoms with Crippen LogP contribution < -0.4 is 10.1 Å². The lowest BCUT2D eigenvalue weighted by atomic mass is 10.2. The van der Waals surface area contributed by atoms with Crippen LogP contribution >= 0.6 is 11.6 Å². The van der Waals surface area contributed by atoms with E-state index in [9.17, 15) is 4.79 Å². The molecule has 3 aromatic heterocycles. The van der Waals surface area contributed by atoms with Crippen LogP contribution in [-0.2, 0) is 6.54 Å². The maximum absolute atomic E-state index is 13.0. The molecule has 164 valence electrons. The molecule has 5 aromatic rings. The molecule has 1 amide bonds. The molecule has 0 saturated heterocycles. The zero-order valence-electron chi connectivity index (χ0n) is 17.6. The molecular weight excluding hydrogens is 440 g/mol. The second-order valence-corrected chi connectivity index (χ2v) is 7.69. The molecule has 3 heterocycles. The van der Waals surface area contributed by atoms with Gasteiger partial charge in [0.2, 0.25) is 0 Å². The minimum Gasteiger partial charge on any atom is -0.497 e. The number of methoxy groups -OCH3 is 1. The van der Waals surface area contributed by atoms with E-state index in [1.165, 1.54) is 0 Å². The zero-order chi connectivity index (χ0) is 22.8. The summed E-state index contributed by atoms with van der Waals surface area (Å²) in [6.45, 7) is 0.354. The van der Waals surface area contributed by atoms with Crippen LogP contribution in [0.1, 0.15) is 16.1 Å². The molecule has 0 aliphatic rings. The first-order valence-electron chi connectivity index (χ1n) is 10.2. The van der Waals surface area contributed by atoms with Crippen LogP contribution in [0.4, 0.5) is 0 Å². The molecule has 33 heavy (non-hydrogen) atoms. The van der Waals surface area contributed by atoms with E-state index in [-0.39, 0.29) is 11.6 Å². The number of nitrogens with zero attached hydrogens (tertiary/aromatic N) is 5. The van der Waals surface area contributed by atoms with Crippen molar-refractivity contribution in [1.82, 2.24) is 29.5 Å². The maximum atomic E-state index is 13.0. The van der Waals surface area contributed by atoms with Crippen molar-refractivity contribution in [1.29, 1.82) is 0 Å². The predicted molar refractivity (Wildman–Crippen MR) is 125 cm³/mol. The monoisotopic (exact) mass is 458 g/mol. The van der Waals surface area contributed by atoms with Crippen LogP contribution in [0.5, 0.6) is 5.75 Å². The number of nitrogens with one attached hydrogen (secondary N) is 1. The number of fused-ring (bicyclic) bond motifs is 1. The number of carbonyl (C=O) groups excluding carboxylic acids is 1. The van der Waals surface area contributed by atoms with Gasteiger partial charge in [0.15, 0.2) is 11.5 Å². The number of rotatable bonds is 6. The van der Waals surface area contributed by atoms with Gasteiger partial charge in [-0.1, -0.05) is 29.8 Å². The van der Waals surface area contributed by atoms with Crippen LogP contribution in [0.15, 0.2) is 79.4 Å². The van der Waals surface area contributed by atoms with Gasteiger partial charge in [-0.15, -0.1) is 0 Å². The van der Waals surface area contributed by atoms with Gasteiger partial charge in [-0.25, -0.2) is 9.67 Å². The van der Waals surface area contributed by atoms with E-state index >= 15 is 0 Å². The number of carbonyl (C=O) groups is 1. The van der Waals surface area contributed by atoms with Crippen LogP contribution in [0.25, 0.3) is 22.7 Å². The van der Waals surface area contributed by atoms with Gasteiger partial charge in [-0.2, -0.15) is 5.10 Å². The third-order valence-corrected chi connectivity index (χ3v) is 5.45. The summed E-state index contributed by atoms with van der Waals surface area (Å²) >= 11 is 5.94. The Labute approximate surface area is 194 Å². The number of aromatic nitrogens is 5. The molecule has 0 aliphatic heterocycles. The molecule has 0 bridgehead atoms. The molecule has 9 heteroatoms. The Morgan fingerprint density at radius 1 is 1.12 bits per heavy atom. The molecule has 5 rings (SSSR count). The van der Waals surface area contributed by atoms with Crippen LogP contribution in [-0.4, -0.2) is 37.2 Å². The third kappa shape index (κ3) is 4.04. The highest BCUT2D eigenvalue weighted by molar-refractivity contribution is 6.30. The lowest BCUT2D eigenvalue weighted by molar-refractivity contribution is 0.0948. The molecule has 2 aromatic carbocycles. The fraction of sp³-hybridized carbons (Fsp3) is 0.0833. The highest BCUT2D eigenvalue weighted by Gasteiger charge is 2.21. The summed E-state index contributed by atoms with van der Waals surface area (Å²) in [5.74, 6) is 0.993. The maximum Gasteiger partial charge on any atom is 0.272 e. The summed E-state index contributed by atoms with van der Waals surface area (Å²) in [6.07, 6.45) is 6.74. The minimum absolute atomic E-state index is 0.283. The number of benzene rings is 2. The quantitative estimate of drug-likeness (QED) is 0.412. The topological polar surface area (TPSA) is 86.3 Å². The van der Waals surface area contributed by atoms with Crippen molar-refractivity contribution in [3.63, 3.8) is 0 Å².